The van der Waals surface area contributed by atoms with E-state index in [-0.39, 0.29) is 24.5 Å². The molecule has 2 N–H and O–H groups in total. The molecule has 15 heavy (non-hydrogen) atoms. The van der Waals surface area contributed by atoms with E-state index in [1.165, 1.54) is 0 Å². The predicted octanol–water partition coefficient (Wildman–Crippen LogP) is 0.690. The Balaban J connectivity index is 2.21. The SMILES string of the molecule is CCC1OCCC1C(=O)NCCCCO. The lowest BCUT2D eigenvalue weighted by Crippen LogP contribution is -2.35. The fraction of sp³-hybridized carbons (Fsp3) is 0.909. The molecule has 4 nitrogen and oxygen atoms in total. The van der Waals surface area contributed by atoms with Crippen molar-refractivity contribution < 1.29 is 14.6 Å². The molecule has 0 aromatic carbocycles. The number of amides is 1. The van der Waals surface area contributed by atoms with Crippen molar-refractivity contribution in [2.75, 3.05) is 19.8 Å². The molecule has 1 aliphatic rings. The molecule has 1 rings (SSSR count). The zero-order chi connectivity index (χ0) is 11.1. The maximum Gasteiger partial charge on any atom is 0.225 e. The minimum Gasteiger partial charge on any atom is -0.396 e. The van der Waals surface area contributed by atoms with Gasteiger partial charge in [0.05, 0.1) is 12.0 Å². The molecule has 1 fully saturated rings. The van der Waals surface area contributed by atoms with Crippen LogP contribution in [0.2, 0.25) is 0 Å². The Morgan fingerprint density at radius 3 is 3.00 bits per heavy atom. The van der Waals surface area contributed by atoms with Crippen LogP contribution in [0, 0.1) is 5.92 Å². The number of carbonyl (C=O) groups excluding carboxylic acids is 1. The number of hydrogen-bond donors (Lipinski definition) is 2. The van der Waals surface area contributed by atoms with Crippen LogP contribution in [-0.2, 0) is 9.53 Å². The normalized spacial score (nSPS) is 25.5. The number of hydrogen-bond acceptors (Lipinski definition) is 3. The predicted molar refractivity (Wildman–Crippen MR) is 57.5 cm³/mol. The number of aliphatic hydroxyl groups is 1. The molecule has 0 spiro atoms. The number of aliphatic hydroxyl groups excluding tert-OH is 1. The number of ether oxygens (including phenoxy) is 1. The Morgan fingerprint density at radius 2 is 2.33 bits per heavy atom. The quantitative estimate of drug-likeness (QED) is 0.641. The Labute approximate surface area is 91.0 Å². The van der Waals surface area contributed by atoms with Crippen LogP contribution >= 0.6 is 0 Å². The summed E-state index contributed by atoms with van der Waals surface area (Å²) in [6.07, 6.45) is 3.42. The number of nitrogens with one attached hydrogen (secondary N) is 1. The van der Waals surface area contributed by atoms with Gasteiger partial charge < -0.3 is 15.2 Å². The van der Waals surface area contributed by atoms with Gasteiger partial charge >= 0.3 is 0 Å². The maximum absolute atomic E-state index is 11.7. The highest BCUT2D eigenvalue weighted by Crippen LogP contribution is 2.23. The molecule has 4 heteroatoms. The molecule has 1 saturated heterocycles. The highest BCUT2D eigenvalue weighted by Gasteiger charge is 2.32. The topological polar surface area (TPSA) is 58.6 Å². The lowest BCUT2D eigenvalue weighted by atomic mass is 9.99. The van der Waals surface area contributed by atoms with Gasteiger partial charge in [-0.3, -0.25) is 4.79 Å². The summed E-state index contributed by atoms with van der Waals surface area (Å²) in [4.78, 5) is 11.7. The van der Waals surface area contributed by atoms with E-state index in [1.807, 2.05) is 6.92 Å². The molecule has 2 unspecified atom stereocenters. The maximum atomic E-state index is 11.7. The van der Waals surface area contributed by atoms with E-state index in [0.29, 0.717) is 13.2 Å². The lowest BCUT2D eigenvalue weighted by Gasteiger charge is -2.16. The van der Waals surface area contributed by atoms with Gasteiger partial charge in [-0.05, 0) is 25.7 Å². The van der Waals surface area contributed by atoms with Crippen molar-refractivity contribution in [2.45, 2.75) is 38.7 Å². The Morgan fingerprint density at radius 1 is 1.53 bits per heavy atom. The summed E-state index contributed by atoms with van der Waals surface area (Å²) < 4.78 is 5.46. The van der Waals surface area contributed by atoms with Gasteiger partial charge in [0.2, 0.25) is 5.91 Å². The molecule has 1 heterocycles. The molecule has 88 valence electrons. The molecule has 0 saturated carbocycles. The summed E-state index contributed by atoms with van der Waals surface area (Å²) in [5.74, 6) is 0.140. The average molecular weight is 215 g/mol. The van der Waals surface area contributed by atoms with Gasteiger partial charge in [0.15, 0.2) is 0 Å². The zero-order valence-corrected chi connectivity index (χ0v) is 9.37. The molecule has 0 bridgehead atoms. The monoisotopic (exact) mass is 215 g/mol. The minimum absolute atomic E-state index is 0.0316. The van der Waals surface area contributed by atoms with E-state index in [9.17, 15) is 4.79 Å². The summed E-state index contributed by atoms with van der Waals surface area (Å²) in [7, 11) is 0. The number of unbranched alkanes of at least 4 members (excludes halogenated alkanes) is 1. The van der Waals surface area contributed by atoms with Crippen molar-refractivity contribution in [3.05, 3.63) is 0 Å². The van der Waals surface area contributed by atoms with Crippen LogP contribution in [0.5, 0.6) is 0 Å². The molecule has 0 aliphatic carbocycles. The van der Waals surface area contributed by atoms with Crippen molar-refractivity contribution in [1.82, 2.24) is 5.32 Å². The summed E-state index contributed by atoms with van der Waals surface area (Å²) in [5.41, 5.74) is 0. The third-order valence-corrected chi connectivity index (χ3v) is 2.83. The van der Waals surface area contributed by atoms with Gasteiger partial charge in [-0.25, -0.2) is 0 Å². The number of carbonyl (C=O) groups is 1. The zero-order valence-electron chi connectivity index (χ0n) is 9.37. The van der Waals surface area contributed by atoms with E-state index in [1.54, 1.807) is 0 Å². The second-order valence-electron chi connectivity index (χ2n) is 3.93. The molecule has 0 aromatic heterocycles. The third kappa shape index (κ3) is 3.80. The Kier molecular flexibility index (Phi) is 5.65. The summed E-state index contributed by atoms with van der Waals surface area (Å²) in [6, 6.07) is 0. The third-order valence-electron chi connectivity index (χ3n) is 2.83. The standard InChI is InChI=1S/C11H21NO3/c1-2-10-9(5-8-15-10)11(14)12-6-3-4-7-13/h9-10,13H,2-8H2,1H3,(H,12,14). The van der Waals surface area contributed by atoms with Crippen molar-refractivity contribution in [3.63, 3.8) is 0 Å². The van der Waals surface area contributed by atoms with E-state index in [0.717, 1.165) is 25.7 Å². The largest absolute Gasteiger partial charge is 0.396 e. The van der Waals surface area contributed by atoms with Crippen molar-refractivity contribution in [1.29, 1.82) is 0 Å². The molecule has 1 amide bonds. The van der Waals surface area contributed by atoms with Crippen LogP contribution in [0.15, 0.2) is 0 Å². The summed E-state index contributed by atoms with van der Waals surface area (Å²) >= 11 is 0. The van der Waals surface area contributed by atoms with E-state index < -0.39 is 0 Å². The Bertz CT molecular complexity index is 196. The first-order valence-electron chi connectivity index (χ1n) is 5.79. The van der Waals surface area contributed by atoms with Gasteiger partial charge in [-0.1, -0.05) is 6.92 Å². The fourth-order valence-electron chi connectivity index (χ4n) is 1.93. The summed E-state index contributed by atoms with van der Waals surface area (Å²) in [5, 5.41) is 11.5. The fourth-order valence-corrected chi connectivity index (χ4v) is 1.93. The smallest absolute Gasteiger partial charge is 0.225 e. The molecule has 2 atom stereocenters. The van der Waals surface area contributed by atoms with Crippen molar-refractivity contribution in [3.8, 4) is 0 Å². The summed E-state index contributed by atoms with van der Waals surface area (Å²) in [6.45, 7) is 3.60. The van der Waals surface area contributed by atoms with Crippen LogP contribution in [-0.4, -0.2) is 36.9 Å². The van der Waals surface area contributed by atoms with Crippen LogP contribution in [0.4, 0.5) is 0 Å². The van der Waals surface area contributed by atoms with Gasteiger partial charge in [0.25, 0.3) is 0 Å². The minimum atomic E-state index is 0.0316. The van der Waals surface area contributed by atoms with Crippen molar-refractivity contribution in [2.24, 2.45) is 5.92 Å². The van der Waals surface area contributed by atoms with Gasteiger partial charge in [0.1, 0.15) is 0 Å². The first-order valence-corrected chi connectivity index (χ1v) is 5.79. The first-order chi connectivity index (χ1) is 7.29. The van der Waals surface area contributed by atoms with Crippen LogP contribution in [0.1, 0.15) is 32.6 Å². The molecule has 1 aliphatic heterocycles. The van der Waals surface area contributed by atoms with Crippen LogP contribution in [0.25, 0.3) is 0 Å². The molecule has 0 radical (unpaired) electrons. The van der Waals surface area contributed by atoms with E-state index in [4.69, 9.17) is 9.84 Å². The molecular weight excluding hydrogens is 194 g/mol. The molecule has 0 aromatic rings. The lowest BCUT2D eigenvalue weighted by molar-refractivity contribution is -0.126. The van der Waals surface area contributed by atoms with Gasteiger partial charge in [0, 0.05) is 19.8 Å². The number of rotatable bonds is 6. The van der Waals surface area contributed by atoms with Gasteiger partial charge in [-0.15, -0.1) is 0 Å². The van der Waals surface area contributed by atoms with E-state index in [2.05, 4.69) is 5.32 Å². The first kappa shape index (κ1) is 12.5. The van der Waals surface area contributed by atoms with E-state index >= 15 is 0 Å². The van der Waals surface area contributed by atoms with Gasteiger partial charge in [-0.2, -0.15) is 0 Å². The second kappa shape index (κ2) is 6.80. The Hall–Kier alpha value is -0.610. The average Bonchev–Trinajstić information content (AvgIpc) is 2.72. The van der Waals surface area contributed by atoms with Crippen molar-refractivity contribution >= 4 is 5.91 Å². The van der Waals surface area contributed by atoms with Crippen LogP contribution < -0.4 is 5.32 Å². The second-order valence-corrected chi connectivity index (χ2v) is 3.93. The highest BCUT2D eigenvalue weighted by molar-refractivity contribution is 5.79. The molecular formula is C11H21NO3. The highest BCUT2D eigenvalue weighted by atomic mass is 16.5. The van der Waals surface area contributed by atoms with Crippen LogP contribution in [0.3, 0.4) is 0 Å².